The van der Waals surface area contributed by atoms with Crippen LogP contribution in [-0.2, 0) is 4.79 Å². The zero-order valence-electron chi connectivity index (χ0n) is 17.1. The summed E-state index contributed by atoms with van der Waals surface area (Å²) in [5.41, 5.74) is 1.22. The first-order chi connectivity index (χ1) is 13.0. The lowest BCUT2D eigenvalue weighted by atomic mass is 10.0. The number of hydrogen-bond acceptors (Lipinski definition) is 3. The third-order valence-electron chi connectivity index (χ3n) is 4.69. The van der Waals surface area contributed by atoms with Gasteiger partial charge in [-0.15, -0.1) is 0 Å². The third-order valence-corrected chi connectivity index (χ3v) is 4.69. The fraction of sp³-hybridized carbons (Fsp3) is 0.619. The van der Waals surface area contributed by atoms with Gasteiger partial charge in [0, 0.05) is 32.1 Å². The van der Waals surface area contributed by atoms with Gasteiger partial charge < -0.3 is 20.3 Å². The first kappa shape index (κ1) is 21.1. The van der Waals surface area contributed by atoms with Gasteiger partial charge in [0.15, 0.2) is 5.96 Å². The van der Waals surface area contributed by atoms with Crippen LogP contribution in [0.5, 0.6) is 5.75 Å². The molecule has 6 heteroatoms. The molecule has 1 saturated heterocycles. The Labute approximate surface area is 163 Å². The van der Waals surface area contributed by atoms with Crippen molar-refractivity contribution in [2.24, 2.45) is 4.99 Å². The van der Waals surface area contributed by atoms with E-state index in [2.05, 4.69) is 35.5 Å². The highest BCUT2D eigenvalue weighted by atomic mass is 16.5. The van der Waals surface area contributed by atoms with Crippen LogP contribution in [0.25, 0.3) is 0 Å². The summed E-state index contributed by atoms with van der Waals surface area (Å²) >= 11 is 0. The van der Waals surface area contributed by atoms with Gasteiger partial charge in [-0.05, 0) is 30.9 Å². The Hall–Kier alpha value is -2.24. The van der Waals surface area contributed by atoms with Crippen molar-refractivity contribution in [3.8, 4) is 5.75 Å². The Morgan fingerprint density at radius 3 is 2.81 bits per heavy atom. The predicted molar refractivity (Wildman–Crippen MR) is 110 cm³/mol. The van der Waals surface area contributed by atoms with Crippen LogP contribution in [0.4, 0.5) is 0 Å². The number of rotatable bonds is 8. The lowest BCUT2D eigenvalue weighted by Gasteiger charge is -2.19. The van der Waals surface area contributed by atoms with Crippen LogP contribution in [0.15, 0.2) is 29.3 Å². The smallest absolute Gasteiger partial charge is 0.222 e. The zero-order valence-corrected chi connectivity index (χ0v) is 17.1. The Bertz CT molecular complexity index is 630. The minimum Gasteiger partial charge on any atom is -0.491 e. The van der Waals surface area contributed by atoms with Crippen LogP contribution < -0.4 is 15.4 Å². The number of guanidine groups is 1. The Kier molecular flexibility index (Phi) is 8.43. The summed E-state index contributed by atoms with van der Waals surface area (Å²) in [5.74, 6) is 2.37. The fourth-order valence-corrected chi connectivity index (χ4v) is 3.24. The topological polar surface area (TPSA) is 66.0 Å². The van der Waals surface area contributed by atoms with E-state index in [4.69, 9.17) is 4.74 Å². The van der Waals surface area contributed by atoms with E-state index in [-0.39, 0.29) is 11.9 Å². The monoisotopic (exact) mass is 374 g/mol. The predicted octanol–water partition coefficient (Wildman–Crippen LogP) is 2.75. The van der Waals surface area contributed by atoms with Crippen LogP contribution in [0, 0.1) is 0 Å². The molecule has 0 radical (unpaired) electrons. The molecule has 1 fully saturated rings. The third kappa shape index (κ3) is 6.45. The molecule has 1 atom stereocenters. The molecular weight excluding hydrogens is 340 g/mol. The lowest BCUT2D eigenvalue weighted by molar-refractivity contribution is -0.129. The molecule has 1 aliphatic rings. The summed E-state index contributed by atoms with van der Waals surface area (Å²) in [6, 6.07) is 8.42. The van der Waals surface area contributed by atoms with Crippen LogP contribution in [0.2, 0.25) is 0 Å². The molecule has 0 bridgehead atoms. The first-order valence-electron chi connectivity index (χ1n) is 10.1. The summed E-state index contributed by atoms with van der Waals surface area (Å²) < 4.78 is 5.94. The van der Waals surface area contributed by atoms with Crippen LogP contribution in [0.1, 0.15) is 52.0 Å². The number of likely N-dealkylation sites (tertiary alicyclic amines) is 1. The van der Waals surface area contributed by atoms with E-state index in [1.807, 2.05) is 36.9 Å². The number of nitrogens with zero attached hydrogens (tertiary/aromatic N) is 2. The largest absolute Gasteiger partial charge is 0.491 e. The average Bonchev–Trinajstić information content (AvgIpc) is 3.13. The summed E-state index contributed by atoms with van der Waals surface area (Å²) in [4.78, 5) is 18.4. The van der Waals surface area contributed by atoms with Crippen molar-refractivity contribution in [1.29, 1.82) is 0 Å². The molecule has 2 N–H and O–H groups in total. The maximum absolute atomic E-state index is 11.8. The second-order valence-corrected chi connectivity index (χ2v) is 7.12. The van der Waals surface area contributed by atoms with Gasteiger partial charge in [-0.1, -0.05) is 39.0 Å². The summed E-state index contributed by atoms with van der Waals surface area (Å²) in [6.45, 7) is 11.8. The lowest BCUT2D eigenvalue weighted by Crippen LogP contribution is -2.45. The highest BCUT2D eigenvalue weighted by Gasteiger charge is 2.25. The van der Waals surface area contributed by atoms with Gasteiger partial charge in [0.1, 0.15) is 12.4 Å². The van der Waals surface area contributed by atoms with Gasteiger partial charge >= 0.3 is 0 Å². The Morgan fingerprint density at radius 1 is 1.33 bits per heavy atom. The van der Waals surface area contributed by atoms with Crippen molar-refractivity contribution in [1.82, 2.24) is 15.5 Å². The van der Waals surface area contributed by atoms with Crippen molar-refractivity contribution in [3.05, 3.63) is 29.8 Å². The molecule has 150 valence electrons. The molecule has 1 aromatic rings. The molecule has 1 aromatic carbocycles. The van der Waals surface area contributed by atoms with Gasteiger partial charge in [0.05, 0.1) is 6.54 Å². The highest BCUT2D eigenvalue weighted by Crippen LogP contribution is 2.25. The second kappa shape index (κ2) is 10.8. The number of benzene rings is 1. The number of ether oxygens (including phenoxy) is 1. The Morgan fingerprint density at radius 2 is 2.11 bits per heavy atom. The standard InChI is InChI=1S/C21H34N4O2/c1-5-20(26)25-13-11-17(15-25)24-21(22-6-2)23-12-14-27-19-10-8-7-9-18(19)16(3)4/h7-10,16-17H,5-6,11-15H2,1-4H3,(H2,22,23,24). The number of para-hydroxylation sites is 1. The zero-order chi connectivity index (χ0) is 19.6. The van der Waals surface area contributed by atoms with Gasteiger partial charge in [0.2, 0.25) is 5.91 Å². The van der Waals surface area contributed by atoms with Gasteiger partial charge in [-0.2, -0.15) is 0 Å². The van der Waals surface area contributed by atoms with Gasteiger partial charge in [-0.3, -0.25) is 4.79 Å². The molecule has 1 heterocycles. The molecule has 2 rings (SSSR count). The molecule has 6 nitrogen and oxygen atoms in total. The average molecular weight is 375 g/mol. The van der Waals surface area contributed by atoms with E-state index in [1.165, 1.54) is 5.56 Å². The molecule has 0 aliphatic carbocycles. The number of carbonyl (C=O) groups excluding carboxylic acids is 1. The molecule has 1 amide bonds. The summed E-state index contributed by atoms with van der Waals surface area (Å²) in [7, 11) is 0. The van der Waals surface area contributed by atoms with Crippen LogP contribution in [0.3, 0.4) is 0 Å². The van der Waals surface area contributed by atoms with Gasteiger partial charge in [-0.25, -0.2) is 4.99 Å². The van der Waals surface area contributed by atoms with Crippen LogP contribution >= 0.6 is 0 Å². The SMILES string of the molecule is CCNC(=NCCOc1ccccc1C(C)C)NC1CCN(C(=O)CC)C1. The van der Waals surface area contributed by atoms with E-state index in [0.717, 1.165) is 37.8 Å². The minimum absolute atomic E-state index is 0.221. The summed E-state index contributed by atoms with van der Waals surface area (Å²) in [5, 5.41) is 6.72. The highest BCUT2D eigenvalue weighted by molar-refractivity contribution is 5.80. The molecule has 27 heavy (non-hydrogen) atoms. The van der Waals surface area contributed by atoms with Crippen molar-refractivity contribution >= 4 is 11.9 Å². The van der Waals surface area contributed by atoms with Crippen molar-refractivity contribution in [2.45, 2.75) is 52.5 Å². The number of hydrogen-bond donors (Lipinski definition) is 2. The van der Waals surface area contributed by atoms with Crippen LogP contribution in [-0.4, -0.2) is 55.6 Å². The maximum Gasteiger partial charge on any atom is 0.222 e. The second-order valence-electron chi connectivity index (χ2n) is 7.12. The van der Waals surface area contributed by atoms with Gasteiger partial charge in [0.25, 0.3) is 0 Å². The maximum atomic E-state index is 11.8. The molecule has 0 spiro atoms. The van der Waals surface area contributed by atoms with E-state index in [9.17, 15) is 4.79 Å². The van der Waals surface area contributed by atoms with Crippen molar-refractivity contribution in [3.63, 3.8) is 0 Å². The molecule has 0 aromatic heterocycles. The normalized spacial score (nSPS) is 17.3. The molecule has 0 saturated carbocycles. The number of nitrogens with one attached hydrogen (secondary N) is 2. The number of carbonyl (C=O) groups is 1. The molecule has 1 unspecified atom stereocenters. The first-order valence-corrected chi connectivity index (χ1v) is 10.1. The van der Waals surface area contributed by atoms with E-state index in [0.29, 0.717) is 25.5 Å². The van der Waals surface area contributed by atoms with E-state index in [1.54, 1.807) is 0 Å². The molecule has 1 aliphatic heterocycles. The quantitative estimate of drug-likeness (QED) is 0.417. The summed E-state index contributed by atoms with van der Waals surface area (Å²) in [6.07, 6.45) is 1.52. The van der Waals surface area contributed by atoms with Crippen molar-refractivity contribution in [2.75, 3.05) is 32.8 Å². The Balaban J connectivity index is 1.84. The fourth-order valence-electron chi connectivity index (χ4n) is 3.24. The molecular formula is C21H34N4O2. The number of aliphatic imine (C=N–C) groups is 1. The number of amides is 1. The van der Waals surface area contributed by atoms with E-state index >= 15 is 0 Å². The minimum atomic E-state index is 0.221. The van der Waals surface area contributed by atoms with Crippen molar-refractivity contribution < 1.29 is 9.53 Å². The van der Waals surface area contributed by atoms with E-state index < -0.39 is 0 Å².